The summed E-state index contributed by atoms with van der Waals surface area (Å²) in [5.41, 5.74) is 3.68. The summed E-state index contributed by atoms with van der Waals surface area (Å²) in [5, 5.41) is 2.02. The lowest BCUT2D eigenvalue weighted by atomic mass is 9.92. The molecule has 0 bridgehead atoms. The van der Waals surface area contributed by atoms with Crippen molar-refractivity contribution in [3.63, 3.8) is 0 Å². The van der Waals surface area contributed by atoms with Gasteiger partial charge in [0.1, 0.15) is 0 Å². The Kier molecular flexibility index (Phi) is 2.18. The molecule has 1 aromatic carbocycles. The summed E-state index contributed by atoms with van der Waals surface area (Å²) in [6.45, 7) is 2.18. The summed E-state index contributed by atoms with van der Waals surface area (Å²) in [5.74, 6) is 0.602. The van der Waals surface area contributed by atoms with Crippen molar-refractivity contribution in [1.29, 1.82) is 0 Å². The first-order chi connectivity index (χ1) is 7.77. The largest absolute Gasteiger partial charge is 0.293 e. The van der Waals surface area contributed by atoms with E-state index in [4.69, 9.17) is 0 Å². The van der Waals surface area contributed by atoms with Crippen LogP contribution in [-0.4, -0.2) is 5.78 Å². The minimum absolute atomic E-state index is 0.266. The summed E-state index contributed by atoms with van der Waals surface area (Å²) in [6, 6.07) is 10.4. The maximum Gasteiger partial charge on any atom is 0.177 e. The summed E-state index contributed by atoms with van der Waals surface area (Å²) in [4.78, 5) is 13.0. The Bertz CT molecular complexity index is 553. The van der Waals surface area contributed by atoms with Gasteiger partial charge in [0.25, 0.3) is 0 Å². The van der Waals surface area contributed by atoms with Crippen LogP contribution in [0.2, 0.25) is 0 Å². The lowest BCUT2D eigenvalue weighted by molar-refractivity contribution is 0.0997. The van der Waals surface area contributed by atoms with Gasteiger partial charge in [-0.2, -0.15) is 0 Å². The second-order valence-electron chi connectivity index (χ2n) is 4.23. The van der Waals surface area contributed by atoms with E-state index in [2.05, 4.69) is 31.2 Å². The van der Waals surface area contributed by atoms with E-state index in [0.717, 1.165) is 4.88 Å². The lowest BCUT2D eigenvalue weighted by Gasteiger charge is -2.12. The van der Waals surface area contributed by atoms with E-state index in [0.29, 0.717) is 12.3 Å². The Morgan fingerprint density at radius 1 is 1.19 bits per heavy atom. The number of thiophene rings is 1. The molecule has 2 aromatic rings. The van der Waals surface area contributed by atoms with Gasteiger partial charge in [0.05, 0.1) is 4.88 Å². The molecule has 0 aliphatic heterocycles. The predicted octanol–water partition coefficient (Wildman–Crippen LogP) is 3.64. The molecular weight excluding hydrogens is 216 g/mol. The molecule has 1 heterocycles. The van der Waals surface area contributed by atoms with E-state index < -0.39 is 0 Å². The van der Waals surface area contributed by atoms with E-state index in [1.54, 1.807) is 11.3 Å². The van der Waals surface area contributed by atoms with Gasteiger partial charge in [-0.25, -0.2) is 0 Å². The first-order valence-corrected chi connectivity index (χ1v) is 6.33. The van der Waals surface area contributed by atoms with Crippen LogP contribution in [0.4, 0.5) is 0 Å². The van der Waals surface area contributed by atoms with Gasteiger partial charge in [-0.1, -0.05) is 31.2 Å². The maximum atomic E-state index is 12.1. The molecule has 0 amide bonds. The van der Waals surface area contributed by atoms with Crippen molar-refractivity contribution >= 4 is 17.1 Å². The van der Waals surface area contributed by atoms with Crippen LogP contribution in [0.25, 0.3) is 0 Å². The third-order valence-electron chi connectivity index (χ3n) is 3.29. The van der Waals surface area contributed by atoms with Crippen molar-refractivity contribution in [2.24, 2.45) is 0 Å². The molecule has 1 aliphatic carbocycles. The van der Waals surface area contributed by atoms with Crippen molar-refractivity contribution in [2.75, 3.05) is 0 Å². The molecule has 1 unspecified atom stereocenters. The monoisotopic (exact) mass is 228 g/mol. The van der Waals surface area contributed by atoms with Gasteiger partial charge in [-0.15, -0.1) is 11.3 Å². The number of benzene rings is 1. The topological polar surface area (TPSA) is 17.1 Å². The van der Waals surface area contributed by atoms with Crippen LogP contribution in [0, 0.1) is 0 Å². The van der Waals surface area contributed by atoms with Gasteiger partial charge in [-0.3, -0.25) is 4.79 Å². The number of carbonyl (C=O) groups is 1. The van der Waals surface area contributed by atoms with Gasteiger partial charge < -0.3 is 0 Å². The molecule has 16 heavy (non-hydrogen) atoms. The quantitative estimate of drug-likeness (QED) is 0.673. The number of hydrogen-bond donors (Lipinski definition) is 0. The lowest BCUT2D eigenvalue weighted by Crippen LogP contribution is -2.00. The number of Topliss-reactive ketones (excluding diaryl/α,β-unsaturated/α-hetero) is 1. The van der Waals surface area contributed by atoms with Crippen molar-refractivity contribution in [3.05, 3.63) is 57.3 Å². The number of hydrogen-bond acceptors (Lipinski definition) is 2. The fourth-order valence-corrected chi connectivity index (χ4v) is 3.36. The SMILES string of the molecule is CC1c2ccccc2CC(=O)c2sccc21. The summed E-state index contributed by atoms with van der Waals surface area (Å²) in [7, 11) is 0. The average molecular weight is 228 g/mol. The molecule has 0 fully saturated rings. The fourth-order valence-electron chi connectivity index (χ4n) is 2.43. The molecule has 1 aromatic heterocycles. The summed E-state index contributed by atoms with van der Waals surface area (Å²) in [6.07, 6.45) is 0.550. The zero-order chi connectivity index (χ0) is 11.1. The molecule has 0 spiro atoms. The Hall–Kier alpha value is -1.41. The smallest absolute Gasteiger partial charge is 0.177 e. The second kappa shape index (κ2) is 3.56. The summed E-state index contributed by atoms with van der Waals surface area (Å²) < 4.78 is 0. The first kappa shape index (κ1) is 9.79. The second-order valence-corrected chi connectivity index (χ2v) is 5.14. The van der Waals surface area contributed by atoms with Crippen molar-refractivity contribution < 1.29 is 4.79 Å². The zero-order valence-electron chi connectivity index (χ0n) is 9.07. The fraction of sp³-hybridized carbons (Fsp3) is 0.214. The molecule has 0 saturated heterocycles. The molecular formula is C14H12OS. The highest BCUT2D eigenvalue weighted by Crippen LogP contribution is 2.36. The van der Waals surface area contributed by atoms with Crippen molar-refractivity contribution in [2.45, 2.75) is 19.3 Å². The molecule has 1 atom stereocenters. The highest BCUT2D eigenvalue weighted by atomic mass is 32.1. The number of carbonyl (C=O) groups excluding carboxylic acids is 1. The van der Waals surface area contributed by atoms with Crippen LogP contribution in [0.15, 0.2) is 35.7 Å². The standard InChI is InChI=1S/C14H12OS/c1-9-11-5-3-2-4-10(11)8-13(15)14-12(9)6-7-16-14/h2-7,9H,8H2,1H3. The molecule has 2 heteroatoms. The molecule has 1 aliphatic rings. The molecule has 80 valence electrons. The zero-order valence-corrected chi connectivity index (χ0v) is 9.88. The predicted molar refractivity (Wildman–Crippen MR) is 66.3 cm³/mol. The Morgan fingerprint density at radius 3 is 2.88 bits per heavy atom. The highest BCUT2D eigenvalue weighted by molar-refractivity contribution is 7.12. The van der Waals surface area contributed by atoms with E-state index >= 15 is 0 Å². The molecule has 0 N–H and O–H groups in total. The van der Waals surface area contributed by atoms with Gasteiger partial charge in [-0.05, 0) is 28.1 Å². The van der Waals surface area contributed by atoms with Crippen LogP contribution in [-0.2, 0) is 6.42 Å². The van der Waals surface area contributed by atoms with Crippen LogP contribution in [0.3, 0.4) is 0 Å². The number of fused-ring (bicyclic) bond motifs is 2. The van der Waals surface area contributed by atoms with Crippen LogP contribution >= 0.6 is 11.3 Å². The van der Waals surface area contributed by atoms with E-state index in [1.165, 1.54) is 16.7 Å². The van der Waals surface area contributed by atoms with Crippen LogP contribution in [0.1, 0.15) is 39.2 Å². The van der Waals surface area contributed by atoms with Crippen molar-refractivity contribution in [3.8, 4) is 0 Å². The third kappa shape index (κ3) is 1.34. The normalized spacial score (nSPS) is 18.8. The Labute approximate surface area is 98.7 Å². The maximum absolute atomic E-state index is 12.1. The molecule has 0 saturated carbocycles. The van der Waals surface area contributed by atoms with E-state index in [1.807, 2.05) is 11.4 Å². The van der Waals surface area contributed by atoms with E-state index in [9.17, 15) is 4.79 Å². The van der Waals surface area contributed by atoms with Gasteiger partial charge in [0.2, 0.25) is 0 Å². The van der Waals surface area contributed by atoms with Gasteiger partial charge in [0, 0.05) is 12.3 Å². The Balaban J connectivity index is 2.25. The molecule has 1 nitrogen and oxygen atoms in total. The van der Waals surface area contributed by atoms with Crippen LogP contribution < -0.4 is 0 Å². The first-order valence-electron chi connectivity index (χ1n) is 5.46. The minimum Gasteiger partial charge on any atom is -0.293 e. The highest BCUT2D eigenvalue weighted by Gasteiger charge is 2.25. The number of rotatable bonds is 0. The van der Waals surface area contributed by atoms with Gasteiger partial charge in [0.15, 0.2) is 5.78 Å². The average Bonchev–Trinajstić information content (AvgIpc) is 2.74. The van der Waals surface area contributed by atoms with Crippen molar-refractivity contribution in [1.82, 2.24) is 0 Å². The number of ketones is 1. The Morgan fingerprint density at radius 2 is 2.00 bits per heavy atom. The summed E-state index contributed by atoms with van der Waals surface area (Å²) >= 11 is 1.57. The molecule has 3 rings (SSSR count). The van der Waals surface area contributed by atoms with E-state index in [-0.39, 0.29) is 5.78 Å². The van der Waals surface area contributed by atoms with Gasteiger partial charge >= 0.3 is 0 Å². The molecule has 0 radical (unpaired) electrons. The van der Waals surface area contributed by atoms with Crippen LogP contribution in [0.5, 0.6) is 0 Å². The minimum atomic E-state index is 0.266. The third-order valence-corrected chi connectivity index (χ3v) is 4.26.